The van der Waals surface area contributed by atoms with Crippen LogP contribution >= 0.6 is 0 Å². The van der Waals surface area contributed by atoms with Gasteiger partial charge in [0.2, 0.25) is 0 Å². The van der Waals surface area contributed by atoms with Gasteiger partial charge in [0, 0.05) is 5.39 Å². The molecule has 0 unspecified atom stereocenters. The van der Waals surface area contributed by atoms with Gasteiger partial charge in [-0.2, -0.15) is 0 Å². The van der Waals surface area contributed by atoms with Crippen LogP contribution in [-0.4, -0.2) is 4.98 Å². The van der Waals surface area contributed by atoms with Crippen LogP contribution < -0.4 is 5.73 Å². The van der Waals surface area contributed by atoms with Gasteiger partial charge in [0.25, 0.3) is 0 Å². The summed E-state index contributed by atoms with van der Waals surface area (Å²) in [7, 11) is 0. The third-order valence-corrected chi connectivity index (χ3v) is 2.02. The summed E-state index contributed by atoms with van der Waals surface area (Å²) in [6.45, 7) is 1.89. The minimum absolute atomic E-state index is 0.277. The van der Waals surface area contributed by atoms with Crippen molar-refractivity contribution in [1.82, 2.24) is 4.98 Å². The lowest BCUT2D eigenvalue weighted by Gasteiger charge is -2.02. The maximum absolute atomic E-state index is 13.3. The first kappa shape index (κ1) is 7.98. The number of benzene rings is 1. The number of hydrogen-bond donors (Lipinski definition) is 1. The van der Waals surface area contributed by atoms with E-state index in [2.05, 4.69) is 4.98 Å². The third kappa shape index (κ3) is 1.22. The highest BCUT2D eigenvalue weighted by atomic mass is 19.1. The number of pyridine rings is 1. The van der Waals surface area contributed by atoms with Crippen molar-refractivity contribution in [1.29, 1.82) is 0 Å². The molecule has 0 aliphatic heterocycles. The second-order valence-electron chi connectivity index (χ2n) is 3.03. The largest absolute Gasteiger partial charge is 0.397 e. The van der Waals surface area contributed by atoms with E-state index < -0.39 is 0 Å². The summed E-state index contributed by atoms with van der Waals surface area (Å²) in [5, 5.41) is 0.486. The van der Waals surface area contributed by atoms with Gasteiger partial charge < -0.3 is 5.73 Å². The van der Waals surface area contributed by atoms with Gasteiger partial charge in [-0.25, -0.2) is 4.39 Å². The zero-order chi connectivity index (χ0) is 9.42. The number of nitrogen functional groups attached to an aromatic ring is 1. The Labute approximate surface area is 75.2 Å². The standard InChI is InChI=1S/C10H9FN2/c1-6-2-3-9(11)8-4-7(12)5-13-10(6)8/h2-5H,12H2,1H3. The Kier molecular flexibility index (Phi) is 1.65. The predicted molar refractivity (Wildman–Crippen MR) is 50.9 cm³/mol. The van der Waals surface area contributed by atoms with Gasteiger partial charge in [-0.05, 0) is 24.6 Å². The van der Waals surface area contributed by atoms with Crippen molar-refractivity contribution in [3.8, 4) is 0 Å². The molecule has 13 heavy (non-hydrogen) atoms. The molecule has 0 saturated carbocycles. The molecule has 2 aromatic rings. The van der Waals surface area contributed by atoms with Gasteiger partial charge in [-0.3, -0.25) is 4.98 Å². The SMILES string of the molecule is Cc1ccc(F)c2cc(N)cnc12. The first-order valence-corrected chi connectivity index (χ1v) is 3.99. The Morgan fingerprint density at radius 3 is 2.92 bits per heavy atom. The molecule has 0 radical (unpaired) electrons. The van der Waals surface area contributed by atoms with Crippen LogP contribution in [0.5, 0.6) is 0 Å². The number of nitrogens with two attached hydrogens (primary N) is 1. The Morgan fingerprint density at radius 1 is 1.38 bits per heavy atom. The number of fused-ring (bicyclic) bond motifs is 1. The fraction of sp³-hybridized carbons (Fsp3) is 0.100. The highest BCUT2D eigenvalue weighted by molar-refractivity contribution is 5.84. The first-order valence-electron chi connectivity index (χ1n) is 3.99. The van der Waals surface area contributed by atoms with Crippen LogP contribution in [0.4, 0.5) is 10.1 Å². The van der Waals surface area contributed by atoms with Crippen LogP contribution in [0.25, 0.3) is 10.9 Å². The molecule has 0 spiro atoms. The molecular formula is C10H9FN2. The van der Waals surface area contributed by atoms with E-state index in [1.54, 1.807) is 12.1 Å². The highest BCUT2D eigenvalue weighted by Gasteiger charge is 2.03. The minimum Gasteiger partial charge on any atom is -0.397 e. The van der Waals surface area contributed by atoms with Gasteiger partial charge in [-0.1, -0.05) is 6.07 Å². The lowest BCUT2D eigenvalue weighted by molar-refractivity contribution is 0.639. The molecule has 66 valence electrons. The van der Waals surface area contributed by atoms with E-state index in [-0.39, 0.29) is 5.82 Å². The number of aromatic nitrogens is 1. The van der Waals surface area contributed by atoms with Crippen LogP contribution in [0.15, 0.2) is 24.4 Å². The van der Waals surface area contributed by atoms with Crippen molar-refractivity contribution in [2.45, 2.75) is 6.92 Å². The number of anilines is 1. The Morgan fingerprint density at radius 2 is 2.15 bits per heavy atom. The van der Waals surface area contributed by atoms with E-state index in [1.165, 1.54) is 12.3 Å². The summed E-state index contributed by atoms with van der Waals surface area (Å²) >= 11 is 0. The molecule has 3 heteroatoms. The van der Waals surface area contributed by atoms with Crippen LogP contribution in [0, 0.1) is 12.7 Å². The second kappa shape index (κ2) is 2.69. The molecule has 0 amide bonds. The molecule has 0 aliphatic carbocycles. The molecule has 1 heterocycles. The molecule has 0 bridgehead atoms. The Balaban J connectivity index is 2.92. The van der Waals surface area contributed by atoms with E-state index in [1.807, 2.05) is 6.92 Å². The third-order valence-electron chi connectivity index (χ3n) is 2.02. The molecule has 2 nitrogen and oxygen atoms in total. The van der Waals surface area contributed by atoms with Crippen LogP contribution in [0.1, 0.15) is 5.56 Å². The van der Waals surface area contributed by atoms with Crippen LogP contribution in [0.3, 0.4) is 0 Å². The van der Waals surface area contributed by atoms with Crippen LogP contribution in [-0.2, 0) is 0 Å². The van der Waals surface area contributed by atoms with Gasteiger partial charge in [0.05, 0.1) is 17.4 Å². The lowest BCUT2D eigenvalue weighted by atomic mass is 10.1. The summed E-state index contributed by atoms with van der Waals surface area (Å²) < 4.78 is 13.3. The van der Waals surface area contributed by atoms with E-state index in [0.717, 1.165) is 5.56 Å². The molecule has 2 N–H and O–H groups in total. The minimum atomic E-state index is -0.277. The molecule has 1 aromatic carbocycles. The van der Waals surface area contributed by atoms with Gasteiger partial charge in [0.1, 0.15) is 5.82 Å². The normalized spacial score (nSPS) is 10.6. The zero-order valence-corrected chi connectivity index (χ0v) is 7.21. The molecule has 0 fully saturated rings. The summed E-state index contributed by atoms with van der Waals surface area (Å²) in [5.74, 6) is -0.277. The summed E-state index contributed by atoms with van der Waals surface area (Å²) in [4.78, 5) is 4.08. The fourth-order valence-corrected chi connectivity index (χ4v) is 1.34. The average Bonchev–Trinajstić information content (AvgIpc) is 2.12. The number of aryl methyl sites for hydroxylation is 1. The molecule has 0 atom stereocenters. The molecular weight excluding hydrogens is 167 g/mol. The van der Waals surface area contributed by atoms with Crippen molar-refractivity contribution < 1.29 is 4.39 Å². The van der Waals surface area contributed by atoms with Crippen molar-refractivity contribution in [2.24, 2.45) is 0 Å². The molecule has 0 aliphatic rings. The zero-order valence-electron chi connectivity index (χ0n) is 7.21. The van der Waals surface area contributed by atoms with Crippen molar-refractivity contribution >= 4 is 16.6 Å². The Hall–Kier alpha value is -1.64. The smallest absolute Gasteiger partial charge is 0.132 e. The maximum atomic E-state index is 13.3. The Bertz CT molecular complexity index is 466. The summed E-state index contributed by atoms with van der Waals surface area (Å²) in [6, 6.07) is 4.74. The van der Waals surface area contributed by atoms with Crippen molar-refractivity contribution in [3.05, 3.63) is 35.8 Å². The molecule has 0 saturated heterocycles. The van der Waals surface area contributed by atoms with E-state index in [0.29, 0.717) is 16.6 Å². The topological polar surface area (TPSA) is 38.9 Å². The lowest BCUT2D eigenvalue weighted by Crippen LogP contribution is -1.91. The van der Waals surface area contributed by atoms with E-state index in [4.69, 9.17) is 5.73 Å². The van der Waals surface area contributed by atoms with E-state index >= 15 is 0 Å². The molecule has 1 aromatic heterocycles. The second-order valence-corrected chi connectivity index (χ2v) is 3.03. The average molecular weight is 176 g/mol. The van der Waals surface area contributed by atoms with Crippen molar-refractivity contribution in [2.75, 3.05) is 5.73 Å². The van der Waals surface area contributed by atoms with Gasteiger partial charge in [-0.15, -0.1) is 0 Å². The summed E-state index contributed by atoms with van der Waals surface area (Å²) in [6.07, 6.45) is 1.54. The molecule has 2 rings (SSSR count). The number of halogens is 1. The maximum Gasteiger partial charge on any atom is 0.132 e. The fourth-order valence-electron chi connectivity index (χ4n) is 1.34. The van der Waals surface area contributed by atoms with Crippen molar-refractivity contribution in [3.63, 3.8) is 0 Å². The van der Waals surface area contributed by atoms with Crippen LogP contribution in [0.2, 0.25) is 0 Å². The quantitative estimate of drug-likeness (QED) is 0.668. The monoisotopic (exact) mass is 176 g/mol. The first-order chi connectivity index (χ1) is 6.18. The number of nitrogens with zero attached hydrogens (tertiary/aromatic N) is 1. The highest BCUT2D eigenvalue weighted by Crippen LogP contribution is 2.20. The van der Waals surface area contributed by atoms with Gasteiger partial charge in [0.15, 0.2) is 0 Å². The number of rotatable bonds is 0. The predicted octanol–water partition coefficient (Wildman–Crippen LogP) is 2.26. The summed E-state index contributed by atoms with van der Waals surface area (Å²) in [5.41, 5.74) is 7.63. The number of hydrogen-bond acceptors (Lipinski definition) is 2. The van der Waals surface area contributed by atoms with E-state index in [9.17, 15) is 4.39 Å². The van der Waals surface area contributed by atoms with Gasteiger partial charge >= 0.3 is 0 Å².